The molecule has 0 spiro atoms. The molecule has 5 rings (SSSR count). The fourth-order valence-electron chi connectivity index (χ4n) is 5.46. The fraction of sp³-hybridized carbons (Fsp3) is 0.414. The van der Waals surface area contributed by atoms with E-state index in [1.54, 1.807) is 0 Å². The van der Waals surface area contributed by atoms with Crippen molar-refractivity contribution < 1.29 is 14.4 Å². The molecule has 1 aromatic heterocycles. The van der Waals surface area contributed by atoms with E-state index in [4.69, 9.17) is 0 Å². The Hall–Kier alpha value is -3.36. The molecule has 2 aliphatic heterocycles. The average Bonchev–Trinajstić information content (AvgIpc) is 3.35. The maximum absolute atomic E-state index is 13.9. The zero-order chi connectivity index (χ0) is 25.8. The number of hydrogen-bond donors (Lipinski definition) is 4. The second kappa shape index (κ2) is 12.5. The Morgan fingerprint density at radius 3 is 2.66 bits per heavy atom. The molecule has 3 heterocycles. The fourth-order valence-corrected chi connectivity index (χ4v) is 5.46. The molecule has 0 saturated carbocycles. The molecule has 202 valence electrons. The number of para-hydroxylation sites is 1. The second-order valence-corrected chi connectivity index (χ2v) is 10.0. The van der Waals surface area contributed by atoms with E-state index in [0.717, 1.165) is 53.5 Å². The van der Waals surface area contributed by atoms with E-state index < -0.39 is 6.04 Å². The predicted molar refractivity (Wildman–Crippen MR) is 150 cm³/mol. The average molecular weight is 538 g/mol. The molecule has 1 saturated heterocycles. The monoisotopic (exact) mass is 537 g/mol. The van der Waals surface area contributed by atoms with Gasteiger partial charge in [0.1, 0.15) is 6.04 Å². The largest absolute Gasteiger partial charge is 0.361 e. The summed E-state index contributed by atoms with van der Waals surface area (Å²) >= 11 is 0. The maximum atomic E-state index is 13.9. The summed E-state index contributed by atoms with van der Waals surface area (Å²) in [4.78, 5) is 44.4. The lowest BCUT2D eigenvalue weighted by Crippen LogP contribution is -2.52. The van der Waals surface area contributed by atoms with Crippen LogP contribution in [0.1, 0.15) is 46.8 Å². The van der Waals surface area contributed by atoms with Gasteiger partial charge in [-0.1, -0.05) is 24.3 Å². The number of piperidine rings is 1. The highest BCUT2D eigenvalue weighted by molar-refractivity contribution is 5.94. The van der Waals surface area contributed by atoms with Crippen molar-refractivity contribution in [1.82, 2.24) is 25.8 Å². The van der Waals surface area contributed by atoms with Crippen LogP contribution in [0.15, 0.2) is 48.7 Å². The number of amides is 3. The van der Waals surface area contributed by atoms with Crippen molar-refractivity contribution in [3.05, 3.63) is 70.9 Å². The summed E-state index contributed by atoms with van der Waals surface area (Å²) in [5.74, 6) is -0.257. The topological polar surface area (TPSA) is 106 Å². The van der Waals surface area contributed by atoms with Crippen LogP contribution >= 0.6 is 12.4 Å². The lowest BCUT2D eigenvalue weighted by molar-refractivity contribution is -0.138. The Balaban J connectivity index is 0.00000336. The van der Waals surface area contributed by atoms with Gasteiger partial charge in [0.2, 0.25) is 11.8 Å². The summed E-state index contributed by atoms with van der Waals surface area (Å²) in [6.07, 6.45) is 4.61. The molecule has 3 aromatic rings. The Morgan fingerprint density at radius 2 is 1.87 bits per heavy atom. The number of benzene rings is 2. The molecule has 0 bridgehead atoms. The number of carbonyl (C=O) groups excluding carboxylic acids is 3. The van der Waals surface area contributed by atoms with Gasteiger partial charge in [0, 0.05) is 54.6 Å². The number of carbonyl (C=O) groups is 3. The van der Waals surface area contributed by atoms with Crippen LogP contribution in [0, 0.1) is 5.92 Å². The number of rotatable bonds is 7. The van der Waals surface area contributed by atoms with Crippen molar-refractivity contribution in [2.75, 3.05) is 26.2 Å². The lowest BCUT2D eigenvalue weighted by Gasteiger charge is -2.33. The number of nitrogens with one attached hydrogen (secondary N) is 4. The van der Waals surface area contributed by atoms with Crippen LogP contribution in [-0.4, -0.2) is 59.8 Å². The maximum Gasteiger partial charge on any atom is 0.251 e. The Kier molecular flexibility index (Phi) is 9.07. The van der Waals surface area contributed by atoms with Crippen LogP contribution in [-0.2, 0) is 29.0 Å². The third kappa shape index (κ3) is 6.03. The van der Waals surface area contributed by atoms with E-state index in [1.807, 2.05) is 60.5 Å². The highest BCUT2D eigenvalue weighted by atomic mass is 35.5. The van der Waals surface area contributed by atoms with Crippen molar-refractivity contribution in [3.63, 3.8) is 0 Å². The molecule has 1 fully saturated rings. The van der Waals surface area contributed by atoms with Gasteiger partial charge < -0.3 is 25.8 Å². The predicted octanol–water partition coefficient (Wildman–Crippen LogP) is 2.95. The second-order valence-electron chi connectivity index (χ2n) is 10.0. The van der Waals surface area contributed by atoms with Gasteiger partial charge in [0.05, 0.1) is 0 Å². The third-order valence-corrected chi connectivity index (χ3v) is 7.55. The molecule has 2 aromatic carbocycles. The third-order valence-electron chi connectivity index (χ3n) is 7.55. The van der Waals surface area contributed by atoms with E-state index in [9.17, 15) is 14.4 Å². The molecule has 1 atom stereocenters. The van der Waals surface area contributed by atoms with E-state index in [2.05, 4.69) is 20.9 Å². The summed E-state index contributed by atoms with van der Waals surface area (Å²) < 4.78 is 0. The van der Waals surface area contributed by atoms with Crippen LogP contribution in [0.4, 0.5) is 0 Å². The van der Waals surface area contributed by atoms with Gasteiger partial charge in [-0.15, -0.1) is 12.4 Å². The molecular formula is C29H36ClN5O3. The molecule has 38 heavy (non-hydrogen) atoms. The Bertz CT molecular complexity index is 1300. The first-order valence-corrected chi connectivity index (χ1v) is 13.3. The highest BCUT2D eigenvalue weighted by Gasteiger charge is 2.32. The standard InChI is InChI=1S/C29H35N5O3.ClH/c1-2-31-27(35)21-7-8-22-18-34(14-11-20(22)15-21)29(37)26(33-28(36)19-9-12-30-13-10-19)16-23-17-32-25-6-4-3-5-24(23)25;/h3-8,15,17,19,26,30,32H,2,9-14,16,18H2,1H3,(H,31,35)(H,33,36);1H/t26-;/m1./s1. The van der Waals surface area contributed by atoms with Gasteiger partial charge in [-0.25, -0.2) is 0 Å². The molecule has 0 radical (unpaired) electrons. The Labute approximate surface area is 229 Å². The van der Waals surface area contributed by atoms with Crippen molar-refractivity contribution in [1.29, 1.82) is 0 Å². The van der Waals surface area contributed by atoms with Gasteiger partial charge in [0.15, 0.2) is 0 Å². The summed E-state index contributed by atoms with van der Waals surface area (Å²) in [6, 6.07) is 13.1. The van der Waals surface area contributed by atoms with Crippen molar-refractivity contribution >= 4 is 41.0 Å². The van der Waals surface area contributed by atoms with Gasteiger partial charge in [-0.05, 0) is 74.2 Å². The smallest absolute Gasteiger partial charge is 0.251 e. The number of nitrogens with zero attached hydrogens (tertiary/aromatic N) is 1. The van der Waals surface area contributed by atoms with Crippen LogP contribution in [0.5, 0.6) is 0 Å². The van der Waals surface area contributed by atoms with Crippen molar-refractivity contribution in [2.24, 2.45) is 5.92 Å². The van der Waals surface area contributed by atoms with E-state index in [1.165, 1.54) is 0 Å². The van der Waals surface area contributed by atoms with Gasteiger partial charge >= 0.3 is 0 Å². The molecule has 0 aliphatic carbocycles. The van der Waals surface area contributed by atoms with Crippen molar-refractivity contribution in [3.8, 4) is 0 Å². The first-order chi connectivity index (χ1) is 18.0. The first kappa shape index (κ1) is 27.7. The number of aromatic amines is 1. The molecule has 2 aliphatic rings. The van der Waals surface area contributed by atoms with Crippen LogP contribution < -0.4 is 16.0 Å². The van der Waals surface area contributed by atoms with E-state index in [-0.39, 0.29) is 36.0 Å². The minimum Gasteiger partial charge on any atom is -0.361 e. The van der Waals surface area contributed by atoms with Crippen LogP contribution in [0.2, 0.25) is 0 Å². The summed E-state index contributed by atoms with van der Waals surface area (Å²) in [5, 5.41) is 10.3. The molecule has 0 unspecified atom stereocenters. The van der Waals surface area contributed by atoms with E-state index >= 15 is 0 Å². The van der Waals surface area contributed by atoms with E-state index in [0.29, 0.717) is 38.0 Å². The molecule has 8 nitrogen and oxygen atoms in total. The number of aromatic nitrogens is 1. The molecule has 3 amide bonds. The van der Waals surface area contributed by atoms with Gasteiger partial charge in [0.25, 0.3) is 5.91 Å². The van der Waals surface area contributed by atoms with Crippen molar-refractivity contribution in [2.45, 2.75) is 45.2 Å². The number of hydrogen-bond acceptors (Lipinski definition) is 4. The first-order valence-electron chi connectivity index (χ1n) is 13.3. The summed E-state index contributed by atoms with van der Waals surface area (Å²) in [7, 11) is 0. The number of fused-ring (bicyclic) bond motifs is 2. The molecule has 9 heteroatoms. The van der Waals surface area contributed by atoms with Crippen LogP contribution in [0.3, 0.4) is 0 Å². The zero-order valence-corrected chi connectivity index (χ0v) is 22.5. The highest BCUT2D eigenvalue weighted by Crippen LogP contribution is 2.24. The Morgan fingerprint density at radius 1 is 1.08 bits per heavy atom. The lowest BCUT2D eigenvalue weighted by atomic mass is 9.94. The minimum absolute atomic E-state index is 0. The van der Waals surface area contributed by atoms with Gasteiger partial charge in [-0.3, -0.25) is 14.4 Å². The quantitative estimate of drug-likeness (QED) is 0.372. The molecule has 4 N–H and O–H groups in total. The van der Waals surface area contributed by atoms with Crippen LogP contribution in [0.25, 0.3) is 10.9 Å². The normalized spacial score (nSPS) is 16.3. The summed E-state index contributed by atoms with van der Waals surface area (Å²) in [5.41, 5.74) is 4.82. The summed E-state index contributed by atoms with van der Waals surface area (Å²) in [6.45, 7) is 5.14. The zero-order valence-electron chi connectivity index (χ0n) is 21.7. The number of halogens is 1. The molecular weight excluding hydrogens is 502 g/mol. The minimum atomic E-state index is -0.641. The SMILES string of the molecule is CCNC(=O)c1ccc2c(c1)CCN(C(=O)[C@@H](Cc1c[nH]c3ccccc13)NC(=O)C1CCNCC1)C2.Cl. The van der Waals surface area contributed by atoms with Gasteiger partial charge in [-0.2, -0.15) is 0 Å². The number of H-pyrrole nitrogens is 1.